The predicted molar refractivity (Wildman–Crippen MR) is 95.9 cm³/mol. The number of phosphoric ester groups is 1. The number of hydrogen-bond acceptors (Lipinski definition) is 5. The first-order valence-corrected chi connectivity index (χ1v) is 10.8. The first-order valence-electron chi connectivity index (χ1n) is 9.39. The summed E-state index contributed by atoms with van der Waals surface area (Å²) in [6, 6.07) is 8.33. The molecule has 0 aromatic heterocycles. The maximum absolute atomic E-state index is 12.9. The number of benzene rings is 1. The van der Waals surface area contributed by atoms with Crippen molar-refractivity contribution in [3.05, 3.63) is 35.9 Å². The van der Waals surface area contributed by atoms with E-state index in [1.807, 2.05) is 6.07 Å². The second kappa shape index (κ2) is 14.0. The van der Waals surface area contributed by atoms with Crippen LogP contribution >= 0.6 is 7.82 Å². The van der Waals surface area contributed by atoms with Crippen LogP contribution in [0.5, 0.6) is 0 Å². The molecule has 1 N–H and O–H groups in total. The maximum atomic E-state index is 12.9. The molecular formula is C19H28NNa2O5P. The summed E-state index contributed by atoms with van der Waals surface area (Å²) in [5.74, 6) is -0.0654. The van der Waals surface area contributed by atoms with E-state index in [-0.39, 0.29) is 77.0 Å². The standard InChI is InChI=1S/C19H30NO5P.2Na/c1-2-3-4-8-12-19(13-9-14-19)18(21)20-17(15-25-26(22,23)24)16-10-6-5-7-11-16;;/h5-7,10-11,17H,2-4,8-9,12-15H2,1H3,(H,20,21)(H2,22,23,24);;/q;2*+1/p-2/t17-;;/m1../s1. The summed E-state index contributed by atoms with van der Waals surface area (Å²) in [4.78, 5) is 34.6. The molecule has 0 radical (unpaired) electrons. The number of phosphoric acid groups is 1. The van der Waals surface area contributed by atoms with Gasteiger partial charge in [-0.15, -0.1) is 0 Å². The van der Waals surface area contributed by atoms with E-state index in [1.54, 1.807) is 24.3 Å². The third-order valence-electron chi connectivity index (χ3n) is 5.21. The molecule has 6 nitrogen and oxygen atoms in total. The summed E-state index contributed by atoms with van der Waals surface area (Å²) in [6.07, 6.45) is 8.05. The van der Waals surface area contributed by atoms with Gasteiger partial charge >= 0.3 is 59.1 Å². The Labute approximate surface area is 212 Å². The number of hydrogen-bond donors (Lipinski definition) is 1. The molecule has 1 aliphatic rings. The molecule has 1 fully saturated rings. The second-order valence-electron chi connectivity index (χ2n) is 7.12. The average Bonchev–Trinajstić information content (AvgIpc) is 2.57. The van der Waals surface area contributed by atoms with Crippen molar-refractivity contribution >= 4 is 13.7 Å². The van der Waals surface area contributed by atoms with Gasteiger partial charge in [0.15, 0.2) is 0 Å². The Bertz CT molecular complexity index is 622. The SMILES string of the molecule is CCCCCCC1(C(=O)N[C@H](COP(=O)([O-])[O-])c2ccccc2)CCC1.[Na+].[Na+]. The monoisotopic (exact) mass is 427 g/mol. The van der Waals surface area contributed by atoms with Gasteiger partial charge in [-0.25, -0.2) is 0 Å². The van der Waals surface area contributed by atoms with Gasteiger partial charge in [-0.1, -0.05) is 69.4 Å². The van der Waals surface area contributed by atoms with Crippen LogP contribution in [0.25, 0.3) is 0 Å². The number of carbonyl (C=O) groups is 1. The zero-order valence-corrected chi connectivity index (χ0v) is 22.2. The largest absolute Gasteiger partial charge is 1.00 e. The molecule has 0 aliphatic heterocycles. The Balaban J connectivity index is 0.00000364. The summed E-state index contributed by atoms with van der Waals surface area (Å²) in [5, 5.41) is 2.93. The van der Waals surface area contributed by atoms with E-state index in [9.17, 15) is 19.1 Å². The molecule has 28 heavy (non-hydrogen) atoms. The minimum absolute atomic E-state index is 0. The summed E-state index contributed by atoms with van der Waals surface area (Å²) < 4.78 is 15.3. The van der Waals surface area contributed by atoms with Crippen molar-refractivity contribution in [2.75, 3.05) is 6.61 Å². The number of rotatable bonds is 11. The normalized spacial score (nSPS) is 16.1. The van der Waals surface area contributed by atoms with Gasteiger partial charge in [0.25, 0.3) is 0 Å². The zero-order chi connectivity index (χ0) is 19.0. The molecule has 1 atom stereocenters. The van der Waals surface area contributed by atoms with Crippen LogP contribution in [0.3, 0.4) is 0 Å². The van der Waals surface area contributed by atoms with Crippen LogP contribution in [0, 0.1) is 5.41 Å². The van der Waals surface area contributed by atoms with Crippen molar-refractivity contribution in [1.82, 2.24) is 5.32 Å². The molecule has 0 spiro atoms. The van der Waals surface area contributed by atoms with Crippen molar-refractivity contribution in [3.8, 4) is 0 Å². The Morgan fingerprint density at radius 2 is 1.82 bits per heavy atom. The first kappa shape index (κ1) is 28.8. The fourth-order valence-corrected chi connectivity index (χ4v) is 3.80. The van der Waals surface area contributed by atoms with Crippen molar-refractivity contribution in [1.29, 1.82) is 0 Å². The number of nitrogens with one attached hydrogen (secondary N) is 1. The van der Waals surface area contributed by atoms with Crippen molar-refractivity contribution < 1.29 is 82.8 Å². The van der Waals surface area contributed by atoms with E-state index in [0.717, 1.165) is 50.5 Å². The van der Waals surface area contributed by atoms with Gasteiger partial charge in [-0.2, -0.15) is 0 Å². The van der Waals surface area contributed by atoms with Gasteiger partial charge in [0.1, 0.15) is 0 Å². The zero-order valence-electron chi connectivity index (χ0n) is 17.3. The van der Waals surface area contributed by atoms with Gasteiger partial charge in [-0.05, 0) is 24.8 Å². The van der Waals surface area contributed by atoms with Gasteiger partial charge in [0.2, 0.25) is 5.91 Å². The summed E-state index contributed by atoms with van der Waals surface area (Å²) in [6.45, 7) is 1.77. The predicted octanol–water partition coefficient (Wildman–Crippen LogP) is -3.16. The van der Waals surface area contributed by atoms with E-state index in [0.29, 0.717) is 0 Å². The van der Waals surface area contributed by atoms with Crippen LogP contribution in [0.1, 0.15) is 69.9 Å². The maximum Gasteiger partial charge on any atom is 1.00 e. The number of amides is 1. The molecule has 2 rings (SSSR count). The van der Waals surface area contributed by atoms with E-state index in [4.69, 9.17) is 0 Å². The van der Waals surface area contributed by atoms with Crippen molar-refractivity contribution in [2.45, 2.75) is 64.3 Å². The molecule has 9 heteroatoms. The van der Waals surface area contributed by atoms with Gasteiger partial charge in [0, 0.05) is 5.41 Å². The molecule has 0 saturated heterocycles. The fraction of sp³-hybridized carbons (Fsp3) is 0.632. The fourth-order valence-electron chi connectivity index (χ4n) is 3.47. The van der Waals surface area contributed by atoms with Crippen LogP contribution in [0.15, 0.2) is 30.3 Å². The molecule has 1 saturated carbocycles. The van der Waals surface area contributed by atoms with Gasteiger partial charge < -0.3 is 24.2 Å². The Hall–Kier alpha value is 0.800. The summed E-state index contributed by atoms with van der Waals surface area (Å²) >= 11 is 0. The van der Waals surface area contributed by atoms with Crippen LogP contribution in [-0.2, 0) is 13.9 Å². The van der Waals surface area contributed by atoms with Crippen molar-refractivity contribution in [2.24, 2.45) is 5.41 Å². The van der Waals surface area contributed by atoms with E-state index in [2.05, 4.69) is 16.8 Å². The molecular weight excluding hydrogens is 399 g/mol. The van der Waals surface area contributed by atoms with Crippen LogP contribution < -0.4 is 74.2 Å². The summed E-state index contributed by atoms with van der Waals surface area (Å²) in [5.41, 5.74) is 0.356. The van der Waals surface area contributed by atoms with Gasteiger partial charge in [-0.3, -0.25) is 4.79 Å². The first-order chi connectivity index (χ1) is 12.4. The Morgan fingerprint density at radius 3 is 2.32 bits per heavy atom. The summed E-state index contributed by atoms with van der Waals surface area (Å²) in [7, 11) is -5.09. The quantitative estimate of drug-likeness (QED) is 0.228. The van der Waals surface area contributed by atoms with Crippen LogP contribution in [0.2, 0.25) is 0 Å². The Kier molecular flexibility index (Phi) is 14.4. The van der Waals surface area contributed by atoms with Crippen molar-refractivity contribution in [3.63, 3.8) is 0 Å². The molecule has 146 valence electrons. The third kappa shape index (κ3) is 9.30. The molecule has 1 aromatic rings. The molecule has 1 amide bonds. The van der Waals surface area contributed by atoms with Crippen LogP contribution in [-0.4, -0.2) is 12.5 Å². The number of unbranched alkanes of at least 4 members (excludes halogenated alkanes) is 3. The second-order valence-corrected chi connectivity index (χ2v) is 8.28. The minimum Gasteiger partial charge on any atom is -0.790 e. The third-order valence-corrected chi connectivity index (χ3v) is 5.67. The molecule has 0 heterocycles. The van der Waals surface area contributed by atoms with E-state index >= 15 is 0 Å². The van der Waals surface area contributed by atoms with E-state index in [1.165, 1.54) is 6.42 Å². The molecule has 0 bridgehead atoms. The smallest absolute Gasteiger partial charge is 0.790 e. The molecule has 1 aliphatic carbocycles. The van der Waals surface area contributed by atoms with Gasteiger partial charge in [0.05, 0.1) is 20.5 Å². The Morgan fingerprint density at radius 1 is 1.18 bits per heavy atom. The van der Waals surface area contributed by atoms with Crippen LogP contribution in [0.4, 0.5) is 0 Å². The molecule has 0 unspecified atom stereocenters. The minimum atomic E-state index is -5.09. The van der Waals surface area contributed by atoms with E-state index < -0.39 is 13.9 Å². The average molecular weight is 427 g/mol. The number of carbonyl (C=O) groups excluding carboxylic acids is 1. The topological polar surface area (TPSA) is 102 Å². The molecule has 1 aromatic carbocycles.